The molecular formula is C6H4BrF2NO2S. The summed E-state index contributed by atoms with van der Waals surface area (Å²) in [5.74, 6) is 0. The van der Waals surface area contributed by atoms with Crippen molar-refractivity contribution in [2.75, 3.05) is 0 Å². The molecule has 3 nitrogen and oxygen atoms in total. The van der Waals surface area contributed by atoms with E-state index in [1.165, 1.54) is 12.1 Å². The molecule has 13 heavy (non-hydrogen) atoms. The van der Waals surface area contributed by atoms with Crippen LogP contribution in [-0.2, 0) is 9.84 Å². The Morgan fingerprint density at radius 2 is 2.00 bits per heavy atom. The molecule has 0 amide bonds. The topological polar surface area (TPSA) is 47.0 Å². The highest BCUT2D eigenvalue weighted by molar-refractivity contribution is 9.11. The van der Waals surface area contributed by atoms with Gasteiger partial charge in [-0.15, -0.1) is 0 Å². The van der Waals surface area contributed by atoms with E-state index in [0.717, 1.165) is 12.3 Å². The predicted molar refractivity (Wildman–Crippen MR) is 45.3 cm³/mol. The summed E-state index contributed by atoms with van der Waals surface area (Å²) in [5.41, 5.74) is 0. The highest BCUT2D eigenvalue weighted by Crippen LogP contribution is 2.33. The Hall–Kier alpha value is -0.560. The molecule has 0 aliphatic rings. The fraction of sp³-hybridized carbons (Fsp3) is 0.167. The van der Waals surface area contributed by atoms with Crippen LogP contribution in [0, 0.1) is 0 Å². The molecule has 0 fully saturated rings. The Labute approximate surface area is 81.8 Å². The predicted octanol–water partition coefficient (Wildman–Crippen LogP) is 1.80. The Bertz CT molecular complexity index is 387. The van der Waals surface area contributed by atoms with E-state index in [0.29, 0.717) is 0 Å². The van der Waals surface area contributed by atoms with Gasteiger partial charge in [0.15, 0.2) is 5.03 Å². The third-order valence-corrected chi connectivity index (χ3v) is 3.90. The number of hydrogen-bond donors (Lipinski definition) is 0. The summed E-state index contributed by atoms with van der Waals surface area (Å²) >= 11 is 1.78. The first-order valence-corrected chi connectivity index (χ1v) is 5.36. The normalized spacial score (nSPS) is 12.8. The van der Waals surface area contributed by atoms with Crippen LogP contribution in [0.3, 0.4) is 0 Å². The van der Waals surface area contributed by atoms with Crippen LogP contribution < -0.4 is 0 Å². The number of sulfone groups is 1. The molecule has 0 bridgehead atoms. The van der Waals surface area contributed by atoms with Gasteiger partial charge in [-0.25, -0.2) is 13.4 Å². The molecule has 7 heteroatoms. The lowest BCUT2D eigenvalue weighted by Gasteiger charge is -2.07. The van der Waals surface area contributed by atoms with Gasteiger partial charge in [-0.1, -0.05) is 6.07 Å². The van der Waals surface area contributed by atoms with Crippen molar-refractivity contribution in [3.8, 4) is 0 Å². The summed E-state index contributed by atoms with van der Waals surface area (Å²) in [7, 11) is -4.70. The number of alkyl halides is 3. The van der Waals surface area contributed by atoms with Crippen molar-refractivity contribution in [2.24, 2.45) is 0 Å². The molecule has 0 aliphatic carbocycles. The molecule has 0 spiro atoms. The van der Waals surface area contributed by atoms with Crippen LogP contribution in [0.5, 0.6) is 0 Å². The molecule has 0 atom stereocenters. The fourth-order valence-corrected chi connectivity index (χ4v) is 1.82. The highest BCUT2D eigenvalue weighted by atomic mass is 79.9. The lowest BCUT2D eigenvalue weighted by atomic mass is 10.5. The maximum Gasteiger partial charge on any atom is 0.405 e. The molecule has 0 N–H and O–H groups in total. The van der Waals surface area contributed by atoms with Gasteiger partial charge in [-0.2, -0.15) is 8.78 Å². The van der Waals surface area contributed by atoms with Crippen molar-refractivity contribution < 1.29 is 17.2 Å². The maximum atomic E-state index is 12.5. The summed E-state index contributed by atoms with van der Waals surface area (Å²) in [4.78, 5) is 3.32. The van der Waals surface area contributed by atoms with Gasteiger partial charge in [-0.3, -0.25) is 0 Å². The molecule has 0 aliphatic heterocycles. The smallest absolute Gasteiger partial charge is 0.244 e. The summed E-state index contributed by atoms with van der Waals surface area (Å²) in [6.45, 7) is 0. The van der Waals surface area contributed by atoms with Crippen molar-refractivity contribution in [3.63, 3.8) is 0 Å². The molecule has 1 heterocycles. The molecule has 0 radical (unpaired) electrons. The molecule has 1 aromatic heterocycles. The van der Waals surface area contributed by atoms with Crippen molar-refractivity contribution in [3.05, 3.63) is 24.4 Å². The lowest BCUT2D eigenvalue weighted by Crippen LogP contribution is -2.22. The Morgan fingerprint density at radius 1 is 1.38 bits per heavy atom. The summed E-state index contributed by atoms with van der Waals surface area (Å²) < 4.78 is 43.0. The van der Waals surface area contributed by atoms with Crippen LogP contribution >= 0.6 is 15.9 Å². The SMILES string of the molecule is O=S(=O)(c1ccccn1)C(F)(F)Br. The number of pyridine rings is 1. The number of hydrogen-bond acceptors (Lipinski definition) is 3. The number of rotatable bonds is 2. The van der Waals surface area contributed by atoms with Crippen molar-refractivity contribution in [2.45, 2.75) is 9.19 Å². The monoisotopic (exact) mass is 271 g/mol. The second-order valence-electron chi connectivity index (χ2n) is 2.12. The first-order chi connectivity index (χ1) is 5.86. The molecule has 0 saturated heterocycles. The van der Waals surface area contributed by atoms with E-state index in [4.69, 9.17) is 0 Å². The minimum Gasteiger partial charge on any atom is -0.244 e. The molecule has 1 aromatic rings. The highest BCUT2D eigenvalue weighted by Gasteiger charge is 2.44. The van der Waals surface area contributed by atoms with Crippen LogP contribution in [-0.4, -0.2) is 17.6 Å². The third-order valence-electron chi connectivity index (χ3n) is 1.22. The van der Waals surface area contributed by atoms with E-state index < -0.39 is 19.0 Å². The van der Waals surface area contributed by atoms with E-state index in [2.05, 4.69) is 4.98 Å². The van der Waals surface area contributed by atoms with Crippen LogP contribution in [0.25, 0.3) is 0 Å². The van der Waals surface area contributed by atoms with Gasteiger partial charge in [0, 0.05) is 22.1 Å². The first kappa shape index (κ1) is 10.5. The Kier molecular flexibility index (Phi) is 2.67. The second-order valence-corrected chi connectivity index (χ2v) is 5.58. The largest absolute Gasteiger partial charge is 0.405 e. The quantitative estimate of drug-likeness (QED) is 0.771. The summed E-state index contributed by atoms with van der Waals surface area (Å²) in [6.07, 6.45) is 1.13. The van der Waals surface area contributed by atoms with Crippen LogP contribution in [0.2, 0.25) is 0 Å². The van der Waals surface area contributed by atoms with Crippen molar-refractivity contribution in [1.29, 1.82) is 0 Å². The van der Waals surface area contributed by atoms with Crippen LogP contribution in [0.4, 0.5) is 8.78 Å². The Balaban J connectivity index is 3.26. The zero-order chi connectivity index (χ0) is 10.1. The van der Waals surface area contributed by atoms with Gasteiger partial charge in [0.05, 0.1) is 0 Å². The first-order valence-electron chi connectivity index (χ1n) is 3.08. The van der Waals surface area contributed by atoms with Crippen LogP contribution in [0.15, 0.2) is 29.4 Å². The van der Waals surface area contributed by atoms with Gasteiger partial charge >= 0.3 is 4.16 Å². The van der Waals surface area contributed by atoms with Crippen LogP contribution in [0.1, 0.15) is 0 Å². The van der Waals surface area contributed by atoms with Crippen molar-refractivity contribution in [1.82, 2.24) is 4.98 Å². The summed E-state index contributed by atoms with van der Waals surface area (Å²) in [5, 5.41) is -0.656. The number of halogens is 3. The summed E-state index contributed by atoms with van der Waals surface area (Å²) in [6, 6.07) is 3.76. The molecule has 0 aromatic carbocycles. The van der Waals surface area contributed by atoms with Gasteiger partial charge in [-0.05, 0) is 12.1 Å². The molecule has 0 unspecified atom stereocenters. The maximum absolute atomic E-state index is 12.5. The lowest BCUT2D eigenvalue weighted by molar-refractivity contribution is 0.203. The van der Waals surface area contributed by atoms with Gasteiger partial charge in [0.1, 0.15) is 0 Å². The van der Waals surface area contributed by atoms with E-state index in [1.807, 2.05) is 0 Å². The Morgan fingerprint density at radius 3 is 2.38 bits per heavy atom. The van der Waals surface area contributed by atoms with E-state index in [-0.39, 0.29) is 0 Å². The van der Waals surface area contributed by atoms with E-state index in [1.54, 1.807) is 15.9 Å². The average Bonchev–Trinajstić information content (AvgIpc) is 2.04. The molecule has 72 valence electrons. The number of nitrogens with zero attached hydrogens (tertiary/aromatic N) is 1. The van der Waals surface area contributed by atoms with E-state index >= 15 is 0 Å². The minimum atomic E-state index is -4.70. The van der Waals surface area contributed by atoms with E-state index in [9.17, 15) is 17.2 Å². The zero-order valence-electron chi connectivity index (χ0n) is 6.12. The molecule has 0 saturated carbocycles. The fourth-order valence-electron chi connectivity index (χ4n) is 0.625. The number of aromatic nitrogens is 1. The minimum absolute atomic E-state index is 0.656. The second kappa shape index (κ2) is 3.30. The van der Waals surface area contributed by atoms with Crippen molar-refractivity contribution >= 4 is 25.8 Å². The molecule has 1 rings (SSSR count). The third kappa shape index (κ3) is 2.02. The standard InChI is InChI=1S/C6H4BrF2NO2S/c7-6(8,9)13(11,12)5-3-1-2-4-10-5/h1-4H. The van der Waals surface area contributed by atoms with Gasteiger partial charge in [0.2, 0.25) is 0 Å². The van der Waals surface area contributed by atoms with Gasteiger partial charge < -0.3 is 0 Å². The molecular weight excluding hydrogens is 268 g/mol. The average molecular weight is 272 g/mol. The van der Waals surface area contributed by atoms with Gasteiger partial charge in [0.25, 0.3) is 9.84 Å². The zero-order valence-corrected chi connectivity index (χ0v) is 8.52.